The number of nitrogens with zero attached hydrogens (tertiary/aromatic N) is 4. The summed E-state index contributed by atoms with van der Waals surface area (Å²) in [6.45, 7) is 1.50. The number of likely N-dealkylation sites (tertiary alicyclic amines) is 1. The number of phenolic OH excluding ortho intramolecular Hbond substituents is 1. The molecule has 3 aromatic rings. The third-order valence-corrected chi connectivity index (χ3v) is 4.66. The maximum atomic E-state index is 10.3. The molecule has 1 fully saturated rings. The average Bonchev–Trinajstić information content (AvgIpc) is 3.33. The molecule has 1 saturated heterocycles. The van der Waals surface area contributed by atoms with Crippen LogP contribution in [0.25, 0.3) is 11.5 Å². The van der Waals surface area contributed by atoms with Crippen LogP contribution in [-0.2, 0) is 6.54 Å². The molecule has 26 heavy (non-hydrogen) atoms. The summed E-state index contributed by atoms with van der Waals surface area (Å²) in [5, 5.41) is 14.4. The molecule has 7 heteroatoms. The second kappa shape index (κ2) is 7.13. The maximum Gasteiger partial charge on any atom is 0.244 e. The zero-order chi connectivity index (χ0) is 17.9. The monoisotopic (exact) mass is 352 g/mol. The standard InChI is InChI=1S/C19H20N4O3/c1-25-16-9-4-6-13(17(16)24)12-23-11-5-8-15(23)19-21-18(22-26-19)14-7-2-3-10-20-14/h2-4,6-7,9-10,15,24H,5,8,11-12H2,1H3/t15-/m1/s1. The minimum Gasteiger partial charge on any atom is -0.504 e. The molecule has 0 radical (unpaired) electrons. The highest BCUT2D eigenvalue weighted by atomic mass is 16.5. The Balaban J connectivity index is 1.55. The van der Waals surface area contributed by atoms with Gasteiger partial charge in [0.15, 0.2) is 11.5 Å². The van der Waals surface area contributed by atoms with Gasteiger partial charge in [-0.3, -0.25) is 9.88 Å². The number of ether oxygens (including phenoxy) is 1. The molecule has 3 heterocycles. The second-order valence-electron chi connectivity index (χ2n) is 6.27. The van der Waals surface area contributed by atoms with Crippen LogP contribution in [0, 0.1) is 0 Å². The molecule has 1 aliphatic rings. The Morgan fingerprint density at radius 3 is 3.00 bits per heavy atom. The zero-order valence-corrected chi connectivity index (χ0v) is 14.5. The lowest BCUT2D eigenvalue weighted by Gasteiger charge is -2.22. The van der Waals surface area contributed by atoms with E-state index in [2.05, 4.69) is 20.0 Å². The van der Waals surface area contributed by atoms with E-state index in [0.717, 1.165) is 24.9 Å². The van der Waals surface area contributed by atoms with Gasteiger partial charge in [0.2, 0.25) is 11.7 Å². The van der Waals surface area contributed by atoms with Gasteiger partial charge in [0.1, 0.15) is 5.69 Å². The Bertz CT molecular complexity index is 882. The van der Waals surface area contributed by atoms with E-state index >= 15 is 0 Å². The van der Waals surface area contributed by atoms with Gasteiger partial charge in [0.05, 0.1) is 13.2 Å². The van der Waals surface area contributed by atoms with Gasteiger partial charge in [0, 0.05) is 18.3 Å². The van der Waals surface area contributed by atoms with E-state index in [1.807, 2.05) is 30.3 Å². The van der Waals surface area contributed by atoms with E-state index in [0.29, 0.717) is 29.7 Å². The number of hydrogen-bond donors (Lipinski definition) is 1. The fourth-order valence-electron chi connectivity index (χ4n) is 3.34. The van der Waals surface area contributed by atoms with Crippen LogP contribution in [0.5, 0.6) is 11.5 Å². The van der Waals surface area contributed by atoms with Gasteiger partial charge in [-0.05, 0) is 37.6 Å². The zero-order valence-electron chi connectivity index (χ0n) is 14.5. The maximum absolute atomic E-state index is 10.3. The lowest BCUT2D eigenvalue weighted by molar-refractivity contribution is 0.199. The quantitative estimate of drug-likeness (QED) is 0.755. The van der Waals surface area contributed by atoms with E-state index in [4.69, 9.17) is 9.26 Å². The van der Waals surface area contributed by atoms with Crippen molar-refractivity contribution in [3.05, 3.63) is 54.0 Å². The number of phenols is 1. The third-order valence-electron chi connectivity index (χ3n) is 4.66. The van der Waals surface area contributed by atoms with Crippen LogP contribution in [0.3, 0.4) is 0 Å². The normalized spacial score (nSPS) is 17.5. The summed E-state index contributed by atoms with van der Waals surface area (Å²) in [4.78, 5) is 11.0. The molecule has 0 unspecified atom stereocenters. The molecule has 1 N–H and O–H groups in total. The van der Waals surface area contributed by atoms with Crippen molar-refractivity contribution in [3.63, 3.8) is 0 Å². The van der Waals surface area contributed by atoms with Crippen LogP contribution < -0.4 is 4.74 Å². The van der Waals surface area contributed by atoms with E-state index in [1.165, 1.54) is 0 Å². The topological polar surface area (TPSA) is 84.5 Å². The Hall–Kier alpha value is -2.93. The van der Waals surface area contributed by atoms with Crippen molar-refractivity contribution in [1.29, 1.82) is 0 Å². The minimum atomic E-state index is 0.0329. The fraction of sp³-hybridized carbons (Fsp3) is 0.316. The van der Waals surface area contributed by atoms with Crippen molar-refractivity contribution in [1.82, 2.24) is 20.0 Å². The van der Waals surface area contributed by atoms with Gasteiger partial charge in [-0.25, -0.2) is 0 Å². The van der Waals surface area contributed by atoms with Crippen LogP contribution in [0.15, 0.2) is 47.1 Å². The van der Waals surface area contributed by atoms with Crippen molar-refractivity contribution in [2.24, 2.45) is 0 Å². The molecule has 1 aromatic carbocycles. The summed E-state index contributed by atoms with van der Waals surface area (Å²) in [6.07, 6.45) is 3.68. The summed E-state index contributed by atoms with van der Waals surface area (Å²) >= 11 is 0. The molecule has 0 saturated carbocycles. The highest BCUT2D eigenvalue weighted by Gasteiger charge is 2.31. The van der Waals surface area contributed by atoms with Gasteiger partial charge in [-0.15, -0.1) is 0 Å². The first-order valence-corrected chi connectivity index (χ1v) is 8.60. The Morgan fingerprint density at radius 2 is 2.19 bits per heavy atom. The smallest absolute Gasteiger partial charge is 0.244 e. The van der Waals surface area contributed by atoms with Gasteiger partial charge in [-0.1, -0.05) is 23.4 Å². The van der Waals surface area contributed by atoms with Crippen molar-refractivity contribution in [2.45, 2.75) is 25.4 Å². The minimum absolute atomic E-state index is 0.0329. The van der Waals surface area contributed by atoms with E-state index < -0.39 is 0 Å². The van der Waals surface area contributed by atoms with Gasteiger partial charge >= 0.3 is 0 Å². The van der Waals surface area contributed by atoms with E-state index in [-0.39, 0.29) is 11.8 Å². The first-order valence-electron chi connectivity index (χ1n) is 8.60. The molecule has 4 rings (SSSR count). The summed E-state index contributed by atoms with van der Waals surface area (Å²) < 4.78 is 10.7. The van der Waals surface area contributed by atoms with Crippen LogP contribution in [-0.4, -0.2) is 38.8 Å². The highest BCUT2D eigenvalue weighted by Crippen LogP contribution is 2.36. The average molecular weight is 352 g/mol. The van der Waals surface area contributed by atoms with Crippen molar-refractivity contribution in [2.75, 3.05) is 13.7 Å². The lowest BCUT2D eigenvalue weighted by Crippen LogP contribution is -2.23. The summed E-state index contributed by atoms with van der Waals surface area (Å²) in [5.74, 6) is 1.75. The van der Waals surface area contributed by atoms with Crippen molar-refractivity contribution >= 4 is 0 Å². The SMILES string of the molecule is COc1cccc(CN2CCC[C@@H]2c2nc(-c3ccccn3)no2)c1O. The molecule has 0 spiro atoms. The number of methoxy groups -OCH3 is 1. The number of pyridine rings is 1. The Labute approximate surface area is 151 Å². The molecule has 0 bridgehead atoms. The summed E-state index contributed by atoms with van der Waals surface area (Å²) in [5.41, 5.74) is 1.51. The molecule has 7 nitrogen and oxygen atoms in total. The number of para-hydroxylation sites is 1. The van der Waals surface area contributed by atoms with Gasteiger partial charge in [0.25, 0.3) is 0 Å². The molecule has 1 aliphatic heterocycles. The first-order chi connectivity index (χ1) is 12.8. The summed E-state index contributed by atoms with van der Waals surface area (Å²) in [6, 6.07) is 11.2. The Morgan fingerprint density at radius 1 is 1.27 bits per heavy atom. The van der Waals surface area contributed by atoms with Crippen molar-refractivity contribution < 1.29 is 14.4 Å². The highest BCUT2D eigenvalue weighted by molar-refractivity contribution is 5.47. The summed E-state index contributed by atoms with van der Waals surface area (Å²) in [7, 11) is 1.55. The number of rotatable bonds is 5. The van der Waals surface area contributed by atoms with E-state index in [9.17, 15) is 5.11 Å². The molecule has 0 aliphatic carbocycles. The van der Waals surface area contributed by atoms with Gasteiger partial charge in [-0.2, -0.15) is 4.98 Å². The van der Waals surface area contributed by atoms with Crippen LogP contribution in [0.2, 0.25) is 0 Å². The lowest BCUT2D eigenvalue weighted by atomic mass is 10.1. The first kappa shape index (κ1) is 16.5. The predicted octanol–water partition coefficient (Wildman–Crippen LogP) is 3.18. The van der Waals surface area contributed by atoms with E-state index in [1.54, 1.807) is 19.4 Å². The van der Waals surface area contributed by atoms with Crippen LogP contribution in [0.1, 0.15) is 30.3 Å². The molecule has 134 valence electrons. The predicted molar refractivity (Wildman–Crippen MR) is 94.6 cm³/mol. The molecule has 1 atom stereocenters. The largest absolute Gasteiger partial charge is 0.504 e. The number of aromatic nitrogens is 3. The molecular formula is C19H20N4O3. The third kappa shape index (κ3) is 3.13. The molecular weight excluding hydrogens is 332 g/mol. The van der Waals surface area contributed by atoms with Crippen LogP contribution in [0.4, 0.5) is 0 Å². The second-order valence-corrected chi connectivity index (χ2v) is 6.27. The fourth-order valence-corrected chi connectivity index (χ4v) is 3.34. The number of benzene rings is 1. The number of hydrogen-bond acceptors (Lipinski definition) is 7. The molecule has 0 amide bonds. The Kier molecular flexibility index (Phi) is 4.53. The molecule has 2 aromatic heterocycles. The number of aromatic hydroxyl groups is 1. The van der Waals surface area contributed by atoms with Crippen LogP contribution >= 0.6 is 0 Å². The van der Waals surface area contributed by atoms with Gasteiger partial charge < -0.3 is 14.4 Å². The van der Waals surface area contributed by atoms with Crippen molar-refractivity contribution in [3.8, 4) is 23.0 Å².